The monoisotopic (exact) mass is 127 g/mol. The van der Waals surface area contributed by atoms with Crippen LogP contribution >= 0.6 is 0 Å². The second kappa shape index (κ2) is 5.64. The molecule has 0 atom stereocenters. The molecule has 35 valence electrons. The predicted molar refractivity (Wildman–Crippen MR) is 27.8 cm³/mol. The van der Waals surface area contributed by atoms with Crippen LogP contribution < -0.4 is 0 Å². The maximum Gasteiger partial charge on any atom is 0.345 e. The van der Waals surface area contributed by atoms with E-state index in [0.717, 1.165) is 6.08 Å². The van der Waals surface area contributed by atoms with Crippen LogP contribution in [0, 0.1) is 0 Å². The quantitative estimate of drug-likeness (QED) is 0.348. The third kappa shape index (κ3) is 5.64. The van der Waals surface area contributed by atoms with Gasteiger partial charge in [-0.15, -0.1) is 0 Å². The molecule has 0 unspecified atom stereocenters. The molecular weight excluding hydrogens is 124 g/mol. The molecule has 0 saturated carbocycles. The Morgan fingerprint density at radius 1 is 1.86 bits per heavy atom. The van der Waals surface area contributed by atoms with Gasteiger partial charge in [0.25, 0.3) is 0 Å². The number of carbonyl (C=O) groups is 1. The molecule has 7 radical (unpaired) electrons. The lowest BCUT2D eigenvalue weighted by molar-refractivity contribution is -0.128. The number of hydrogen-bond acceptors (Lipinski definition) is 2. The van der Waals surface area contributed by atoms with E-state index >= 15 is 0 Å². The van der Waals surface area contributed by atoms with E-state index in [1.165, 1.54) is 0 Å². The number of rotatable bonds is 1. The standard InChI is InChI=1S/C3H3O2Si.Si/c1-2-3(4)5-6;/h2H,1H2;. The lowest BCUT2D eigenvalue weighted by Crippen LogP contribution is -1.93. The van der Waals surface area contributed by atoms with E-state index in [9.17, 15) is 4.79 Å². The average Bonchev–Trinajstić information content (AvgIpc) is 1.65. The summed E-state index contributed by atoms with van der Waals surface area (Å²) in [5, 5.41) is 0. The van der Waals surface area contributed by atoms with E-state index in [2.05, 4.69) is 21.5 Å². The van der Waals surface area contributed by atoms with Crippen molar-refractivity contribution in [3.63, 3.8) is 0 Å². The molecule has 0 heterocycles. The Kier molecular flexibility index (Phi) is 7.91. The molecule has 0 aromatic carbocycles. The highest BCUT2D eigenvalue weighted by Crippen LogP contribution is 1.66. The van der Waals surface area contributed by atoms with Gasteiger partial charge in [-0.3, -0.25) is 0 Å². The Balaban J connectivity index is 0. The van der Waals surface area contributed by atoms with Crippen LogP contribution in [0.3, 0.4) is 0 Å². The van der Waals surface area contributed by atoms with Gasteiger partial charge in [0.2, 0.25) is 0 Å². The van der Waals surface area contributed by atoms with E-state index in [4.69, 9.17) is 0 Å². The molecule has 0 aliphatic heterocycles. The topological polar surface area (TPSA) is 26.3 Å². The van der Waals surface area contributed by atoms with Crippen LogP contribution in [-0.2, 0) is 9.22 Å². The van der Waals surface area contributed by atoms with Crippen molar-refractivity contribution < 1.29 is 9.22 Å². The van der Waals surface area contributed by atoms with Crippen molar-refractivity contribution >= 4 is 27.4 Å². The lowest BCUT2D eigenvalue weighted by atomic mass is 10.7. The molecule has 0 aromatic rings. The fourth-order valence-electron chi connectivity index (χ4n) is 0.0417. The van der Waals surface area contributed by atoms with Crippen LogP contribution in [-0.4, -0.2) is 27.4 Å². The van der Waals surface area contributed by atoms with Gasteiger partial charge in [0.1, 0.15) is 0 Å². The van der Waals surface area contributed by atoms with Gasteiger partial charge < -0.3 is 4.43 Å². The fourth-order valence-corrected chi connectivity index (χ4v) is 0.125. The SMILES string of the molecule is C=CC(=O)O[Si].[Si]. The van der Waals surface area contributed by atoms with Crippen LogP contribution in [0.2, 0.25) is 0 Å². The normalized spacial score (nSPS) is 5.86. The Labute approximate surface area is 50.1 Å². The van der Waals surface area contributed by atoms with Crippen LogP contribution in [0.1, 0.15) is 0 Å². The zero-order chi connectivity index (χ0) is 4.99. The molecule has 0 amide bonds. The molecule has 0 N–H and O–H groups in total. The van der Waals surface area contributed by atoms with Crippen LogP contribution in [0.5, 0.6) is 0 Å². The zero-order valence-corrected chi connectivity index (χ0v) is 5.60. The summed E-state index contributed by atoms with van der Waals surface area (Å²) in [5.41, 5.74) is 0. The first-order chi connectivity index (χ1) is 2.81. The Hall–Kier alpha value is -0.356. The Morgan fingerprint density at radius 3 is 2.29 bits per heavy atom. The van der Waals surface area contributed by atoms with Gasteiger partial charge in [-0.2, -0.15) is 0 Å². The maximum atomic E-state index is 9.79. The predicted octanol–water partition coefficient (Wildman–Crippen LogP) is -0.582. The molecule has 0 aromatic heterocycles. The molecule has 0 aliphatic rings. The minimum Gasteiger partial charge on any atom is -0.513 e. The van der Waals surface area contributed by atoms with Gasteiger partial charge in [-0.1, -0.05) is 6.58 Å². The minimum absolute atomic E-state index is 0. The van der Waals surface area contributed by atoms with E-state index in [0.29, 0.717) is 0 Å². The van der Waals surface area contributed by atoms with Crippen molar-refractivity contribution in [1.29, 1.82) is 0 Å². The van der Waals surface area contributed by atoms with Gasteiger partial charge in [-0.25, -0.2) is 4.79 Å². The average molecular weight is 127 g/mol. The van der Waals surface area contributed by atoms with E-state index in [-0.39, 0.29) is 11.0 Å². The molecule has 0 rings (SSSR count). The smallest absolute Gasteiger partial charge is 0.345 e. The number of carbonyl (C=O) groups excluding carboxylic acids is 1. The van der Waals surface area contributed by atoms with Crippen molar-refractivity contribution in [2.45, 2.75) is 0 Å². The van der Waals surface area contributed by atoms with Gasteiger partial charge >= 0.3 is 16.5 Å². The Bertz CT molecular complexity index is 71.3. The van der Waals surface area contributed by atoms with Crippen molar-refractivity contribution in [1.82, 2.24) is 0 Å². The van der Waals surface area contributed by atoms with E-state index in [1.807, 2.05) is 0 Å². The van der Waals surface area contributed by atoms with Crippen molar-refractivity contribution in [2.75, 3.05) is 0 Å². The third-order valence-electron chi connectivity index (χ3n) is 0.267. The van der Waals surface area contributed by atoms with Gasteiger partial charge in [-0.05, 0) is 0 Å². The summed E-state index contributed by atoms with van der Waals surface area (Å²) in [5.74, 6) is -0.480. The van der Waals surface area contributed by atoms with Crippen molar-refractivity contribution in [3.8, 4) is 0 Å². The van der Waals surface area contributed by atoms with Crippen LogP contribution in [0.25, 0.3) is 0 Å². The molecule has 0 spiro atoms. The summed E-state index contributed by atoms with van der Waals surface area (Å²) in [6.07, 6.45) is 1.06. The molecule has 0 fully saturated rings. The third-order valence-corrected chi connectivity index (χ3v) is 0.468. The summed E-state index contributed by atoms with van der Waals surface area (Å²) in [6, 6.07) is 0. The maximum absolute atomic E-state index is 9.79. The highest BCUT2D eigenvalue weighted by atomic mass is 28.2. The molecule has 2 nitrogen and oxygen atoms in total. The molecule has 4 heteroatoms. The summed E-state index contributed by atoms with van der Waals surface area (Å²) in [7, 11) is 2.50. The molecule has 0 saturated heterocycles. The first-order valence-corrected chi connectivity index (χ1v) is 1.72. The number of hydrogen-bond donors (Lipinski definition) is 0. The first-order valence-electron chi connectivity index (χ1n) is 1.31. The zero-order valence-electron chi connectivity index (χ0n) is 3.60. The first kappa shape index (κ1) is 9.81. The van der Waals surface area contributed by atoms with Gasteiger partial charge in [0.05, 0.1) is 0 Å². The van der Waals surface area contributed by atoms with E-state index < -0.39 is 5.97 Å². The van der Waals surface area contributed by atoms with Crippen molar-refractivity contribution in [2.24, 2.45) is 0 Å². The van der Waals surface area contributed by atoms with E-state index in [1.54, 1.807) is 0 Å². The molecular formula is C3H3O2Si2. The van der Waals surface area contributed by atoms with Gasteiger partial charge in [0, 0.05) is 17.0 Å². The summed E-state index contributed by atoms with van der Waals surface area (Å²) in [4.78, 5) is 9.79. The summed E-state index contributed by atoms with van der Waals surface area (Å²) in [6.45, 7) is 3.13. The minimum atomic E-state index is -0.480. The van der Waals surface area contributed by atoms with Gasteiger partial charge in [0.15, 0.2) is 0 Å². The largest absolute Gasteiger partial charge is 0.513 e. The molecule has 7 heavy (non-hydrogen) atoms. The molecule has 0 aliphatic carbocycles. The molecule has 0 bridgehead atoms. The highest BCUT2D eigenvalue weighted by molar-refractivity contribution is 6.07. The fraction of sp³-hybridized carbons (Fsp3) is 0. The lowest BCUT2D eigenvalue weighted by Gasteiger charge is -1.82. The highest BCUT2D eigenvalue weighted by Gasteiger charge is 1.82. The summed E-state index contributed by atoms with van der Waals surface area (Å²) < 4.78 is 3.95. The second-order valence-electron chi connectivity index (χ2n) is 0.625. The van der Waals surface area contributed by atoms with Crippen LogP contribution in [0.4, 0.5) is 0 Å². The van der Waals surface area contributed by atoms with Crippen molar-refractivity contribution in [3.05, 3.63) is 12.7 Å². The summed E-state index contributed by atoms with van der Waals surface area (Å²) >= 11 is 0. The second-order valence-corrected chi connectivity index (χ2v) is 0.829. The Morgan fingerprint density at radius 2 is 2.29 bits per heavy atom. The van der Waals surface area contributed by atoms with Crippen LogP contribution in [0.15, 0.2) is 12.7 Å².